The van der Waals surface area contributed by atoms with E-state index in [1.165, 1.54) is 0 Å². The lowest BCUT2D eigenvalue weighted by Crippen LogP contribution is -2.54. The molecule has 1 saturated heterocycles. The second-order valence-electron chi connectivity index (χ2n) is 9.84. The highest BCUT2D eigenvalue weighted by Crippen LogP contribution is 2.30. The number of pyridine rings is 2. The van der Waals surface area contributed by atoms with E-state index in [1.54, 1.807) is 11.1 Å². The van der Waals surface area contributed by atoms with E-state index in [0.717, 1.165) is 60.1 Å². The van der Waals surface area contributed by atoms with Gasteiger partial charge in [-0.3, -0.25) is 0 Å². The fraction of sp³-hybridized carbons (Fsp3) is 0.370. The zero-order valence-corrected chi connectivity index (χ0v) is 20.3. The number of anilines is 3. The summed E-state index contributed by atoms with van der Waals surface area (Å²) in [6.45, 7) is 9.56. The van der Waals surface area contributed by atoms with E-state index in [-0.39, 0.29) is 6.04 Å². The number of carbonyl (C=O) groups is 1. The van der Waals surface area contributed by atoms with Crippen LogP contribution in [0.15, 0.2) is 60.8 Å². The third kappa shape index (κ3) is 5.47. The number of hydrogen-bond donors (Lipinski definition) is 2. The average Bonchev–Trinajstić information content (AvgIpc) is 2.79. The molecule has 3 aromatic rings. The summed E-state index contributed by atoms with van der Waals surface area (Å²) in [5, 5.41) is 13.0. The van der Waals surface area contributed by atoms with Crippen LogP contribution in [0.4, 0.5) is 22.1 Å². The second-order valence-corrected chi connectivity index (χ2v) is 9.84. The summed E-state index contributed by atoms with van der Waals surface area (Å²) in [5.74, 6) is 1.52. The van der Waals surface area contributed by atoms with E-state index in [9.17, 15) is 9.90 Å². The van der Waals surface area contributed by atoms with Crippen molar-refractivity contribution in [1.29, 1.82) is 0 Å². The maximum Gasteiger partial charge on any atom is 0.407 e. The predicted octanol–water partition coefficient (Wildman–Crippen LogP) is 5.94. The van der Waals surface area contributed by atoms with Gasteiger partial charge in [0.05, 0.1) is 5.69 Å². The van der Waals surface area contributed by atoms with Crippen molar-refractivity contribution in [2.24, 2.45) is 0 Å². The van der Waals surface area contributed by atoms with Crippen molar-refractivity contribution >= 4 is 23.4 Å². The number of amides is 1. The predicted molar refractivity (Wildman–Crippen MR) is 137 cm³/mol. The van der Waals surface area contributed by atoms with Crippen LogP contribution in [0.3, 0.4) is 0 Å². The molecule has 0 spiro atoms. The zero-order valence-electron chi connectivity index (χ0n) is 20.3. The van der Waals surface area contributed by atoms with E-state index in [1.807, 2.05) is 58.0 Å². The Morgan fingerprint density at radius 3 is 2.47 bits per heavy atom. The molecule has 0 unspecified atom stereocenters. The van der Waals surface area contributed by atoms with Crippen LogP contribution in [0.2, 0.25) is 0 Å². The summed E-state index contributed by atoms with van der Waals surface area (Å²) in [5.41, 5.74) is 3.80. The molecule has 178 valence electrons. The molecule has 2 aromatic heterocycles. The Kier molecular flexibility index (Phi) is 6.72. The molecular formula is C27H33N5O2. The van der Waals surface area contributed by atoms with Crippen LogP contribution >= 0.6 is 0 Å². The monoisotopic (exact) mass is 459 g/mol. The van der Waals surface area contributed by atoms with Crippen molar-refractivity contribution in [2.45, 2.75) is 52.1 Å². The van der Waals surface area contributed by atoms with Crippen molar-refractivity contribution < 1.29 is 9.90 Å². The van der Waals surface area contributed by atoms with Gasteiger partial charge in [0, 0.05) is 42.1 Å². The van der Waals surface area contributed by atoms with Crippen LogP contribution in [-0.2, 0) is 0 Å². The number of hydrogen-bond acceptors (Lipinski definition) is 5. The fourth-order valence-electron chi connectivity index (χ4n) is 4.64. The largest absolute Gasteiger partial charge is 0.465 e. The average molecular weight is 460 g/mol. The van der Waals surface area contributed by atoms with Crippen molar-refractivity contribution in [3.63, 3.8) is 0 Å². The first kappa shape index (κ1) is 23.5. The molecule has 4 rings (SSSR count). The molecular weight excluding hydrogens is 426 g/mol. The lowest BCUT2D eigenvalue weighted by molar-refractivity contribution is 0.0616. The Balaban J connectivity index is 1.47. The summed E-state index contributed by atoms with van der Waals surface area (Å²) >= 11 is 0. The number of benzene rings is 1. The lowest BCUT2D eigenvalue weighted by atomic mass is 9.96. The first-order chi connectivity index (χ1) is 16.2. The van der Waals surface area contributed by atoms with Gasteiger partial charge in [-0.15, -0.1) is 0 Å². The van der Waals surface area contributed by atoms with Crippen LogP contribution in [0.1, 0.15) is 39.2 Å². The maximum atomic E-state index is 11.9. The minimum Gasteiger partial charge on any atom is -0.465 e. The second kappa shape index (κ2) is 9.71. The van der Waals surface area contributed by atoms with E-state index in [2.05, 4.69) is 39.5 Å². The van der Waals surface area contributed by atoms with E-state index < -0.39 is 11.6 Å². The number of nitrogens with zero attached hydrogens (tertiary/aromatic N) is 4. The summed E-state index contributed by atoms with van der Waals surface area (Å²) < 4.78 is 0. The molecule has 7 heteroatoms. The van der Waals surface area contributed by atoms with Crippen molar-refractivity contribution in [2.75, 3.05) is 23.3 Å². The zero-order chi connectivity index (χ0) is 24.3. The van der Waals surface area contributed by atoms with Crippen molar-refractivity contribution in [1.82, 2.24) is 14.9 Å². The highest BCUT2D eigenvalue weighted by molar-refractivity contribution is 5.68. The molecule has 1 fully saturated rings. The molecule has 0 atom stereocenters. The van der Waals surface area contributed by atoms with E-state index >= 15 is 0 Å². The Morgan fingerprint density at radius 2 is 1.79 bits per heavy atom. The summed E-state index contributed by atoms with van der Waals surface area (Å²) in [7, 11) is 0. The number of aromatic nitrogens is 2. The Bertz CT molecular complexity index is 1150. The van der Waals surface area contributed by atoms with Crippen molar-refractivity contribution in [3.05, 3.63) is 66.4 Å². The van der Waals surface area contributed by atoms with Gasteiger partial charge >= 0.3 is 6.09 Å². The quantitative estimate of drug-likeness (QED) is 0.491. The lowest BCUT2D eigenvalue weighted by Gasteiger charge is -2.44. The standard InChI is InChI=1S/C27H33N5O2/c1-19-11-14-28-25(17-19)30-24-10-6-9-23(29-24)20-7-5-8-22(18-20)31-15-12-21(13-16-31)32(26(33)34)27(2,3)4/h5-11,14,17-18,21H,12-13,15-16H2,1-4H3,(H,33,34)(H,28,29,30). The minimum absolute atomic E-state index is 0.0385. The van der Waals surface area contributed by atoms with Gasteiger partial charge in [-0.2, -0.15) is 0 Å². The fourth-order valence-corrected chi connectivity index (χ4v) is 4.64. The third-order valence-corrected chi connectivity index (χ3v) is 6.19. The van der Waals surface area contributed by atoms with E-state index in [0.29, 0.717) is 0 Å². The number of rotatable bonds is 5. The van der Waals surface area contributed by atoms with Gasteiger partial charge in [0.25, 0.3) is 0 Å². The molecule has 1 aromatic carbocycles. The van der Waals surface area contributed by atoms with Crippen LogP contribution in [0.5, 0.6) is 0 Å². The molecule has 1 aliphatic heterocycles. The Morgan fingerprint density at radius 1 is 1.06 bits per heavy atom. The van der Waals surface area contributed by atoms with Crippen LogP contribution in [-0.4, -0.2) is 50.7 Å². The molecule has 2 N–H and O–H groups in total. The van der Waals surface area contributed by atoms with Gasteiger partial charge in [0.1, 0.15) is 11.6 Å². The van der Waals surface area contributed by atoms with Crippen LogP contribution in [0, 0.1) is 6.92 Å². The summed E-state index contributed by atoms with van der Waals surface area (Å²) in [4.78, 5) is 25.0. The molecule has 0 saturated carbocycles. The molecule has 0 radical (unpaired) electrons. The molecule has 0 bridgehead atoms. The van der Waals surface area contributed by atoms with Gasteiger partial charge in [0.15, 0.2) is 0 Å². The number of piperidine rings is 1. The third-order valence-electron chi connectivity index (χ3n) is 6.19. The smallest absolute Gasteiger partial charge is 0.407 e. The summed E-state index contributed by atoms with van der Waals surface area (Å²) in [6.07, 6.45) is 2.57. The molecule has 0 aliphatic carbocycles. The van der Waals surface area contributed by atoms with Crippen LogP contribution < -0.4 is 10.2 Å². The number of carboxylic acid groups (broad SMARTS) is 1. The maximum absolute atomic E-state index is 11.9. The number of nitrogens with one attached hydrogen (secondary N) is 1. The molecule has 1 amide bonds. The van der Waals surface area contributed by atoms with Crippen LogP contribution in [0.25, 0.3) is 11.3 Å². The van der Waals surface area contributed by atoms with Crippen molar-refractivity contribution in [3.8, 4) is 11.3 Å². The van der Waals surface area contributed by atoms with E-state index in [4.69, 9.17) is 4.98 Å². The normalized spacial score (nSPS) is 14.6. The highest BCUT2D eigenvalue weighted by atomic mass is 16.4. The van der Waals surface area contributed by atoms with Gasteiger partial charge < -0.3 is 20.2 Å². The van der Waals surface area contributed by atoms with Gasteiger partial charge in [0.2, 0.25) is 0 Å². The Labute approximate surface area is 201 Å². The molecule has 34 heavy (non-hydrogen) atoms. The van der Waals surface area contributed by atoms with Gasteiger partial charge in [-0.05, 0) is 82.5 Å². The number of aryl methyl sites for hydroxylation is 1. The minimum atomic E-state index is -0.839. The van der Waals surface area contributed by atoms with Gasteiger partial charge in [-0.25, -0.2) is 14.8 Å². The first-order valence-electron chi connectivity index (χ1n) is 11.7. The summed E-state index contributed by atoms with van der Waals surface area (Å²) in [6, 6.07) is 18.3. The highest BCUT2D eigenvalue weighted by Gasteiger charge is 2.35. The topological polar surface area (TPSA) is 81.6 Å². The molecule has 7 nitrogen and oxygen atoms in total. The molecule has 1 aliphatic rings. The Hall–Kier alpha value is -3.61. The first-order valence-corrected chi connectivity index (χ1v) is 11.7. The SMILES string of the molecule is Cc1ccnc(Nc2cccc(-c3cccc(N4CCC(N(C(=O)O)C(C)(C)C)CC4)c3)n2)c1. The molecule has 3 heterocycles. The van der Waals surface area contributed by atoms with Gasteiger partial charge in [-0.1, -0.05) is 18.2 Å².